The largest absolute Gasteiger partial charge is 0.493 e. The van der Waals surface area contributed by atoms with Crippen LogP contribution in [0.4, 0.5) is 13.2 Å². The summed E-state index contributed by atoms with van der Waals surface area (Å²) in [6.45, 7) is 3.80. The fourth-order valence-electron chi connectivity index (χ4n) is 3.85. The number of ether oxygens (including phenoxy) is 4. The van der Waals surface area contributed by atoms with Crippen LogP contribution < -0.4 is 9.47 Å². The van der Waals surface area contributed by atoms with E-state index >= 15 is 0 Å². The van der Waals surface area contributed by atoms with Crippen LogP contribution >= 0.6 is 0 Å². The first kappa shape index (κ1) is 23.4. The van der Waals surface area contributed by atoms with Crippen LogP contribution in [0.2, 0.25) is 0 Å². The minimum absolute atomic E-state index is 0.195. The Bertz CT molecular complexity index is 963. The van der Waals surface area contributed by atoms with Crippen molar-refractivity contribution in [1.29, 1.82) is 0 Å². The van der Waals surface area contributed by atoms with Crippen LogP contribution in [0.15, 0.2) is 48.5 Å². The molecule has 1 saturated carbocycles. The van der Waals surface area contributed by atoms with E-state index in [-0.39, 0.29) is 29.0 Å². The third kappa shape index (κ3) is 5.61. The molecule has 0 radical (unpaired) electrons. The molecular weight excluding hydrogens is 437 g/mol. The lowest BCUT2D eigenvalue weighted by atomic mass is 9.76. The van der Waals surface area contributed by atoms with Crippen LogP contribution in [0.5, 0.6) is 11.5 Å². The number of benzene rings is 2. The zero-order valence-electron chi connectivity index (χ0n) is 18.5. The van der Waals surface area contributed by atoms with Gasteiger partial charge in [0.1, 0.15) is 11.5 Å². The molecule has 0 N–H and O–H groups in total. The van der Waals surface area contributed by atoms with Gasteiger partial charge in [-0.15, -0.1) is 0 Å². The molecule has 5 nitrogen and oxygen atoms in total. The van der Waals surface area contributed by atoms with Crippen molar-refractivity contribution in [3.63, 3.8) is 0 Å². The van der Waals surface area contributed by atoms with Crippen LogP contribution in [-0.4, -0.2) is 39.0 Å². The molecular formula is C25H27F3O5. The highest BCUT2D eigenvalue weighted by atomic mass is 19.4. The quantitative estimate of drug-likeness (QED) is 0.455. The standard InChI is InChI=1S/C25H27F3O5/c1-2-31-22(29)13-24(16-30-17-24)18-6-8-20(9-7-18)32-14-23(10-11-23)15-33-21-5-3-4-19(12-21)25(26,27)28/h3-9,12H,2,10-11,13-17H2,1H3. The van der Waals surface area contributed by atoms with Crippen molar-refractivity contribution in [2.45, 2.75) is 37.8 Å². The molecule has 8 heteroatoms. The number of hydrogen-bond acceptors (Lipinski definition) is 5. The Balaban J connectivity index is 1.31. The summed E-state index contributed by atoms with van der Waals surface area (Å²) in [5.74, 6) is 0.656. The van der Waals surface area contributed by atoms with Crippen molar-refractivity contribution in [1.82, 2.24) is 0 Å². The van der Waals surface area contributed by atoms with Gasteiger partial charge in [0.25, 0.3) is 0 Å². The molecule has 178 valence electrons. The molecule has 2 aliphatic rings. The molecule has 1 saturated heterocycles. The summed E-state index contributed by atoms with van der Waals surface area (Å²) in [6, 6.07) is 12.5. The lowest BCUT2D eigenvalue weighted by Gasteiger charge is -2.41. The summed E-state index contributed by atoms with van der Waals surface area (Å²) in [5.41, 5.74) is -0.275. The van der Waals surface area contributed by atoms with Crippen molar-refractivity contribution in [3.05, 3.63) is 59.7 Å². The molecule has 0 atom stereocenters. The number of carbonyl (C=O) groups is 1. The van der Waals surface area contributed by atoms with Crippen molar-refractivity contribution in [3.8, 4) is 11.5 Å². The van der Waals surface area contributed by atoms with Gasteiger partial charge in [-0.05, 0) is 55.7 Å². The van der Waals surface area contributed by atoms with E-state index in [4.69, 9.17) is 18.9 Å². The average Bonchev–Trinajstić information content (AvgIpc) is 3.54. The van der Waals surface area contributed by atoms with Crippen LogP contribution in [0.3, 0.4) is 0 Å². The molecule has 33 heavy (non-hydrogen) atoms. The van der Waals surface area contributed by atoms with Gasteiger partial charge in [0.15, 0.2) is 0 Å². The van der Waals surface area contributed by atoms with E-state index in [0.29, 0.717) is 38.8 Å². The Morgan fingerprint density at radius 2 is 1.67 bits per heavy atom. The highest BCUT2D eigenvalue weighted by Crippen LogP contribution is 2.46. The second-order valence-electron chi connectivity index (χ2n) is 8.88. The maximum atomic E-state index is 12.9. The van der Waals surface area contributed by atoms with E-state index in [1.165, 1.54) is 12.1 Å². The SMILES string of the molecule is CCOC(=O)CC1(c2ccc(OCC3(COc4cccc(C(F)(F)F)c4)CC3)cc2)COC1. The maximum absolute atomic E-state index is 12.9. The van der Waals surface area contributed by atoms with Crippen LogP contribution in [0, 0.1) is 5.41 Å². The predicted octanol–water partition coefficient (Wildman–Crippen LogP) is 5.16. The lowest BCUT2D eigenvalue weighted by molar-refractivity contribution is -0.151. The van der Waals surface area contributed by atoms with E-state index in [2.05, 4.69) is 0 Å². The average molecular weight is 464 g/mol. The van der Waals surface area contributed by atoms with Crippen LogP contribution in [0.25, 0.3) is 0 Å². The predicted molar refractivity (Wildman–Crippen MR) is 114 cm³/mol. The first-order valence-corrected chi connectivity index (χ1v) is 11.0. The fourth-order valence-corrected chi connectivity index (χ4v) is 3.85. The molecule has 2 fully saturated rings. The number of halogens is 3. The molecule has 2 aromatic rings. The number of rotatable bonds is 10. The summed E-state index contributed by atoms with van der Waals surface area (Å²) in [4.78, 5) is 12.0. The van der Waals surface area contributed by atoms with Gasteiger partial charge in [0.2, 0.25) is 0 Å². The van der Waals surface area contributed by atoms with Crippen molar-refractivity contribution in [2.24, 2.45) is 5.41 Å². The van der Waals surface area contributed by atoms with Gasteiger partial charge >= 0.3 is 12.1 Å². The molecule has 0 amide bonds. The topological polar surface area (TPSA) is 54.0 Å². The summed E-state index contributed by atoms with van der Waals surface area (Å²) in [6.07, 6.45) is -2.34. The second-order valence-corrected chi connectivity index (χ2v) is 8.88. The van der Waals surface area contributed by atoms with Gasteiger partial charge in [0.05, 0.1) is 50.4 Å². The van der Waals surface area contributed by atoms with Crippen LogP contribution in [0.1, 0.15) is 37.3 Å². The molecule has 0 aromatic heterocycles. The Kier molecular flexibility index (Phi) is 6.56. The molecule has 1 aliphatic carbocycles. The van der Waals surface area contributed by atoms with E-state index in [9.17, 15) is 18.0 Å². The van der Waals surface area contributed by atoms with E-state index in [1.807, 2.05) is 24.3 Å². The molecule has 0 bridgehead atoms. The summed E-state index contributed by atoms with van der Waals surface area (Å²) >= 11 is 0. The van der Waals surface area contributed by atoms with Crippen LogP contribution in [-0.2, 0) is 25.9 Å². The molecule has 0 spiro atoms. The monoisotopic (exact) mass is 464 g/mol. The molecule has 4 rings (SSSR count). The van der Waals surface area contributed by atoms with Gasteiger partial charge in [0, 0.05) is 5.41 Å². The molecule has 2 aromatic carbocycles. The Hall–Kier alpha value is -2.74. The van der Waals surface area contributed by atoms with Crippen molar-refractivity contribution >= 4 is 5.97 Å². The molecule has 0 unspecified atom stereocenters. The van der Waals surface area contributed by atoms with Gasteiger partial charge in [-0.1, -0.05) is 18.2 Å². The van der Waals surface area contributed by atoms with E-state index < -0.39 is 11.7 Å². The minimum Gasteiger partial charge on any atom is -0.493 e. The second kappa shape index (κ2) is 9.25. The lowest BCUT2D eigenvalue weighted by Crippen LogP contribution is -2.48. The number of carbonyl (C=O) groups excluding carboxylic acids is 1. The zero-order chi connectivity index (χ0) is 23.5. The molecule has 1 aliphatic heterocycles. The van der Waals surface area contributed by atoms with Crippen molar-refractivity contribution < 1.29 is 36.9 Å². The third-order valence-electron chi connectivity index (χ3n) is 6.22. The third-order valence-corrected chi connectivity index (χ3v) is 6.22. The first-order chi connectivity index (χ1) is 15.7. The first-order valence-electron chi connectivity index (χ1n) is 11.0. The highest BCUT2D eigenvalue weighted by Gasteiger charge is 2.45. The minimum atomic E-state index is -4.40. The number of alkyl halides is 3. The highest BCUT2D eigenvalue weighted by molar-refractivity contribution is 5.72. The number of esters is 1. The summed E-state index contributed by atoms with van der Waals surface area (Å²) < 4.78 is 60.7. The van der Waals surface area contributed by atoms with Crippen molar-refractivity contribution in [2.75, 3.05) is 33.0 Å². The van der Waals surface area contributed by atoms with Gasteiger partial charge in [-0.25, -0.2) is 0 Å². The van der Waals surface area contributed by atoms with Gasteiger partial charge in [-0.2, -0.15) is 13.2 Å². The maximum Gasteiger partial charge on any atom is 0.416 e. The van der Waals surface area contributed by atoms with E-state index in [0.717, 1.165) is 30.5 Å². The van der Waals surface area contributed by atoms with Gasteiger partial charge < -0.3 is 18.9 Å². The Labute approximate surface area is 190 Å². The Morgan fingerprint density at radius 3 is 2.21 bits per heavy atom. The van der Waals surface area contributed by atoms with E-state index in [1.54, 1.807) is 6.92 Å². The summed E-state index contributed by atoms with van der Waals surface area (Å²) in [7, 11) is 0. The fraction of sp³-hybridized carbons (Fsp3) is 0.480. The Morgan fingerprint density at radius 1 is 1.00 bits per heavy atom. The smallest absolute Gasteiger partial charge is 0.416 e. The zero-order valence-corrected chi connectivity index (χ0v) is 18.5. The normalized spacial score (nSPS) is 18.2. The molecule has 1 heterocycles. The van der Waals surface area contributed by atoms with Gasteiger partial charge in [-0.3, -0.25) is 4.79 Å². The number of hydrogen-bond donors (Lipinski definition) is 0. The summed E-state index contributed by atoms with van der Waals surface area (Å²) in [5, 5.41) is 0.